The van der Waals surface area contributed by atoms with Crippen LogP contribution in [0.2, 0.25) is 0 Å². The standard InChI is InChI=1S/C20H18O2/c1-13-10-11-17-15(12-13)19(14-6-3-2-4-7-14)20-16(21)8-5-9-18(20)22-17/h2-4,6-7,10-12,19H,5,8-9H2,1H3. The molecule has 0 fully saturated rings. The van der Waals surface area contributed by atoms with Crippen LogP contribution in [0.25, 0.3) is 0 Å². The first-order valence-electron chi connectivity index (χ1n) is 7.83. The molecule has 1 aliphatic heterocycles. The zero-order valence-corrected chi connectivity index (χ0v) is 12.6. The van der Waals surface area contributed by atoms with Crippen molar-refractivity contribution < 1.29 is 9.53 Å². The molecule has 1 unspecified atom stereocenters. The normalized spacial score (nSPS) is 20.2. The van der Waals surface area contributed by atoms with Gasteiger partial charge in [0.2, 0.25) is 0 Å². The summed E-state index contributed by atoms with van der Waals surface area (Å²) in [5.74, 6) is 2.02. The average molecular weight is 290 g/mol. The van der Waals surface area contributed by atoms with E-state index >= 15 is 0 Å². The molecule has 2 heteroatoms. The molecule has 2 aromatic carbocycles. The molecule has 0 N–H and O–H groups in total. The predicted molar refractivity (Wildman–Crippen MR) is 86.0 cm³/mol. The van der Waals surface area contributed by atoms with Crippen LogP contribution in [0.3, 0.4) is 0 Å². The number of rotatable bonds is 1. The van der Waals surface area contributed by atoms with E-state index in [0.29, 0.717) is 6.42 Å². The molecular weight excluding hydrogens is 272 g/mol. The first kappa shape index (κ1) is 13.3. The summed E-state index contributed by atoms with van der Waals surface area (Å²) in [6.07, 6.45) is 2.38. The SMILES string of the molecule is Cc1ccc2c(c1)C(c1ccccc1)C1=C(CCCC1=O)O2. The zero-order valence-electron chi connectivity index (χ0n) is 12.6. The lowest BCUT2D eigenvalue weighted by Crippen LogP contribution is -2.25. The molecule has 0 spiro atoms. The van der Waals surface area contributed by atoms with Gasteiger partial charge in [-0.3, -0.25) is 4.79 Å². The lowest BCUT2D eigenvalue weighted by atomic mass is 9.77. The van der Waals surface area contributed by atoms with Crippen LogP contribution >= 0.6 is 0 Å². The van der Waals surface area contributed by atoms with Crippen LogP contribution in [0, 0.1) is 6.92 Å². The maximum Gasteiger partial charge on any atom is 0.163 e. The Morgan fingerprint density at radius 1 is 1.05 bits per heavy atom. The highest BCUT2D eigenvalue weighted by atomic mass is 16.5. The number of hydrogen-bond acceptors (Lipinski definition) is 2. The van der Waals surface area contributed by atoms with Gasteiger partial charge in [-0.2, -0.15) is 0 Å². The largest absolute Gasteiger partial charge is 0.461 e. The van der Waals surface area contributed by atoms with E-state index in [1.54, 1.807) is 0 Å². The van der Waals surface area contributed by atoms with Gasteiger partial charge in [0, 0.05) is 29.9 Å². The molecule has 110 valence electrons. The topological polar surface area (TPSA) is 26.3 Å². The van der Waals surface area contributed by atoms with Gasteiger partial charge in [-0.15, -0.1) is 0 Å². The Kier molecular flexibility index (Phi) is 3.11. The summed E-state index contributed by atoms with van der Waals surface area (Å²) in [6.45, 7) is 2.08. The van der Waals surface area contributed by atoms with Crippen LogP contribution in [-0.4, -0.2) is 5.78 Å². The molecule has 1 aliphatic carbocycles. The lowest BCUT2D eigenvalue weighted by Gasteiger charge is -2.33. The smallest absolute Gasteiger partial charge is 0.163 e. The molecule has 2 aliphatic rings. The summed E-state index contributed by atoms with van der Waals surface area (Å²) >= 11 is 0. The van der Waals surface area contributed by atoms with Gasteiger partial charge in [0.25, 0.3) is 0 Å². The number of benzene rings is 2. The molecular formula is C20H18O2. The van der Waals surface area contributed by atoms with Crippen LogP contribution < -0.4 is 4.74 Å². The number of allylic oxidation sites excluding steroid dienone is 2. The minimum absolute atomic E-state index is 0.00708. The van der Waals surface area contributed by atoms with E-state index in [4.69, 9.17) is 4.74 Å². The highest BCUT2D eigenvalue weighted by Gasteiger charge is 2.36. The van der Waals surface area contributed by atoms with E-state index < -0.39 is 0 Å². The Labute approximate surface area is 130 Å². The average Bonchev–Trinajstić information content (AvgIpc) is 2.54. The van der Waals surface area contributed by atoms with E-state index in [-0.39, 0.29) is 11.7 Å². The van der Waals surface area contributed by atoms with Crippen LogP contribution in [0.5, 0.6) is 5.75 Å². The van der Waals surface area contributed by atoms with Crippen molar-refractivity contribution in [2.45, 2.75) is 32.1 Å². The van der Waals surface area contributed by atoms with Crippen molar-refractivity contribution >= 4 is 5.78 Å². The van der Waals surface area contributed by atoms with Crippen LogP contribution in [-0.2, 0) is 4.79 Å². The Morgan fingerprint density at radius 2 is 1.86 bits per heavy atom. The molecule has 2 nitrogen and oxygen atoms in total. The summed E-state index contributed by atoms with van der Waals surface area (Å²) < 4.78 is 6.07. The Hall–Kier alpha value is -2.35. The summed E-state index contributed by atoms with van der Waals surface area (Å²) in [5, 5.41) is 0. The Balaban J connectivity index is 1.96. The summed E-state index contributed by atoms with van der Waals surface area (Å²) in [6, 6.07) is 16.5. The third-order valence-corrected chi connectivity index (χ3v) is 4.54. The number of ether oxygens (including phenoxy) is 1. The number of aryl methyl sites for hydroxylation is 1. The van der Waals surface area contributed by atoms with Crippen LogP contribution in [0.15, 0.2) is 59.9 Å². The maximum atomic E-state index is 12.6. The number of fused-ring (bicyclic) bond motifs is 1. The molecule has 4 rings (SSSR count). The third kappa shape index (κ3) is 2.07. The molecule has 0 saturated heterocycles. The number of carbonyl (C=O) groups is 1. The van der Waals surface area contributed by atoms with Gasteiger partial charge in [-0.25, -0.2) is 0 Å². The highest BCUT2D eigenvalue weighted by Crippen LogP contribution is 2.46. The monoisotopic (exact) mass is 290 g/mol. The molecule has 2 aromatic rings. The van der Waals surface area contributed by atoms with E-state index in [0.717, 1.165) is 35.5 Å². The Morgan fingerprint density at radius 3 is 2.68 bits per heavy atom. The number of ketones is 1. The molecule has 0 aromatic heterocycles. The van der Waals surface area contributed by atoms with E-state index in [9.17, 15) is 4.79 Å². The van der Waals surface area contributed by atoms with Gasteiger partial charge in [0.05, 0.1) is 0 Å². The second-order valence-electron chi connectivity index (χ2n) is 6.10. The van der Waals surface area contributed by atoms with E-state index in [1.165, 1.54) is 11.1 Å². The fourth-order valence-corrected chi connectivity index (χ4v) is 3.53. The molecule has 1 atom stereocenters. The van der Waals surface area contributed by atoms with Gasteiger partial charge >= 0.3 is 0 Å². The molecule has 1 heterocycles. The summed E-state index contributed by atoms with van der Waals surface area (Å²) in [4.78, 5) is 12.6. The quantitative estimate of drug-likeness (QED) is 0.771. The molecule has 22 heavy (non-hydrogen) atoms. The van der Waals surface area contributed by atoms with Crippen molar-refractivity contribution in [1.82, 2.24) is 0 Å². The second-order valence-corrected chi connectivity index (χ2v) is 6.10. The minimum atomic E-state index is 0.00708. The summed E-state index contributed by atoms with van der Waals surface area (Å²) in [5.41, 5.74) is 4.34. The van der Waals surface area contributed by atoms with Gasteiger partial charge in [0.1, 0.15) is 11.5 Å². The predicted octanol–water partition coefficient (Wildman–Crippen LogP) is 4.53. The molecule has 0 radical (unpaired) electrons. The molecule has 0 amide bonds. The van der Waals surface area contributed by atoms with Crippen molar-refractivity contribution in [2.75, 3.05) is 0 Å². The Bertz CT molecular complexity index is 772. The zero-order chi connectivity index (χ0) is 15.1. The number of Topliss-reactive ketones (excluding diaryl/α,β-unsaturated/α-hetero) is 1. The third-order valence-electron chi connectivity index (χ3n) is 4.54. The number of hydrogen-bond donors (Lipinski definition) is 0. The fourth-order valence-electron chi connectivity index (χ4n) is 3.53. The maximum absolute atomic E-state index is 12.6. The first-order valence-corrected chi connectivity index (χ1v) is 7.83. The summed E-state index contributed by atoms with van der Waals surface area (Å²) in [7, 11) is 0. The van der Waals surface area contributed by atoms with Gasteiger partial charge < -0.3 is 4.74 Å². The van der Waals surface area contributed by atoms with Crippen molar-refractivity contribution in [3.63, 3.8) is 0 Å². The van der Waals surface area contributed by atoms with E-state index in [2.05, 4.69) is 31.2 Å². The van der Waals surface area contributed by atoms with Gasteiger partial charge in [-0.05, 0) is 25.0 Å². The lowest BCUT2D eigenvalue weighted by molar-refractivity contribution is -0.116. The van der Waals surface area contributed by atoms with Crippen molar-refractivity contribution in [3.05, 3.63) is 76.6 Å². The highest BCUT2D eigenvalue weighted by molar-refractivity contribution is 5.99. The van der Waals surface area contributed by atoms with Gasteiger partial charge in [-0.1, -0.05) is 48.0 Å². The fraction of sp³-hybridized carbons (Fsp3) is 0.250. The van der Waals surface area contributed by atoms with Crippen LogP contribution in [0.4, 0.5) is 0 Å². The number of carbonyl (C=O) groups excluding carboxylic acids is 1. The first-order chi connectivity index (χ1) is 10.7. The van der Waals surface area contributed by atoms with Crippen molar-refractivity contribution in [2.24, 2.45) is 0 Å². The minimum Gasteiger partial charge on any atom is -0.461 e. The molecule has 0 saturated carbocycles. The van der Waals surface area contributed by atoms with Crippen molar-refractivity contribution in [3.8, 4) is 5.75 Å². The van der Waals surface area contributed by atoms with Crippen LogP contribution in [0.1, 0.15) is 41.9 Å². The van der Waals surface area contributed by atoms with Crippen molar-refractivity contribution in [1.29, 1.82) is 0 Å². The van der Waals surface area contributed by atoms with E-state index in [1.807, 2.05) is 24.3 Å². The second kappa shape index (κ2) is 5.13. The van der Waals surface area contributed by atoms with Gasteiger partial charge in [0.15, 0.2) is 5.78 Å². The molecule has 0 bridgehead atoms.